The standard InChI is InChI=1S/C48H30N2/c1-3-13-33(14-4-1)49-45-21-11-9-19-38(45)43-28-32(24-26-47(43)49)31-23-25-37-40(27-31)35-17-7-8-18-36(35)42-30-48-44(29-41(37)42)39-20-10-12-22-46(39)50(48)34-15-5-2-6-16-34/h1-30H. The number of nitrogens with zero attached hydrogens (tertiary/aromatic N) is 2. The van der Waals surface area contributed by atoms with Gasteiger partial charge in [0.1, 0.15) is 0 Å². The van der Waals surface area contributed by atoms with E-state index < -0.39 is 0 Å². The summed E-state index contributed by atoms with van der Waals surface area (Å²) in [5.74, 6) is 0. The lowest BCUT2D eigenvalue weighted by Gasteiger charge is -2.14. The van der Waals surface area contributed by atoms with Crippen LogP contribution in [0.1, 0.15) is 0 Å². The molecule has 0 aliphatic rings. The van der Waals surface area contributed by atoms with Gasteiger partial charge < -0.3 is 9.13 Å². The van der Waals surface area contributed by atoms with E-state index in [1.165, 1.54) is 98.4 Å². The van der Waals surface area contributed by atoms with Gasteiger partial charge >= 0.3 is 0 Å². The number of hydrogen-bond acceptors (Lipinski definition) is 0. The van der Waals surface area contributed by atoms with Gasteiger partial charge in [-0.15, -0.1) is 0 Å². The second-order valence-electron chi connectivity index (χ2n) is 13.3. The van der Waals surface area contributed by atoms with Gasteiger partial charge in [-0.05, 0) is 110 Å². The molecule has 11 aromatic rings. The summed E-state index contributed by atoms with van der Waals surface area (Å²) in [6.07, 6.45) is 0. The van der Waals surface area contributed by atoms with E-state index in [1.54, 1.807) is 0 Å². The van der Waals surface area contributed by atoms with Crippen molar-refractivity contribution in [2.75, 3.05) is 0 Å². The predicted octanol–water partition coefficient (Wildman–Crippen LogP) is 13.0. The van der Waals surface area contributed by atoms with Crippen molar-refractivity contribution < 1.29 is 0 Å². The van der Waals surface area contributed by atoms with Crippen molar-refractivity contribution in [2.24, 2.45) is 0 Å². The highest BCUT2D eigenvalue weighted by molar-refractivity contribution is 6.29. The molecule has 0 bridgehead atoms. The minimum absolute atomic E-state index is 1.18. The van der Waals surface area contributed by atoms with Crippen molar-refractivity contribution in [1.82, 2.24) is 9.13 Å². The number of fused-ring (bicyclic) bond motifs is 12. The number of aromatic nitrogens is 2. The van der Waals surface area contributed by atoms with Crippen LogP contribution in [0.3, 0.4) is 0 Å². The zero-order chi connectivity index (χ0) is 32.8. The van der Waals surface area contributed by atoms with Crippen LogP contribution in [0.15, 0.2) is 182 Å². The van der Waals surface area contributed by atoms with Gasteiger partial charge in [-0.25, -0.2) is 0 Å². The molecule has 0 saturated carbocycles. The maximum absolute atomic E-state index is 2.44. The van der Waals surface area contributed by atoms with Gasteiger partial charge in [0.25, 0.3) is 0 Å². The molecule has 0 saturated heterocycles. The van der Waals surface area contributed by atoms with Gasteiger partial charge in [-0.1, -0.05) is 115 Å². The van der Waals surface area contributed by atoms with Crippen LogP contribution in [0.4, 0.5) is 0 Å². The number of rotatable bonds is 3. The third kappa shape index (κ3) is 3.85. The minimum Gasteiger partial charge on any atom is -0.309 e. The van der Waals surface area contributed by atoms with Gasteiger partial charge in [0.2, 0.25) is 0 Å². The molecule has 2 heterocycles. The molecule has 0 fully saturated rings. The summed E-state index contributed by atoms with van der Waals surface area (Å²) >= 11 is 0. The molecule has 2 heteroatoms. The molecule has 0 aliphatic carbocycles. The lowest BCUT2D eigenvalue weighted by atomic mass is 9.91. The van der Waals surface area contributed by atoms with Gasteiger partial charge in [0.05, 0.1) is 22.1 Å². The molecule has 9 aromatic carbocycles. The van der Waals surface area contributed by atoms with Crippen molar-refractivity contribution >= 4 is 75.9 Å². The van der Waals surface area contributed by atoms with Crippen LogP contribution in [0, 0.1) is 0 Å². The highest BCUT2D eigenvalue weighted by Crippen LogP contribution is 2.42. The topological polar surface area (TPSA) is 9.86 Å². The second-order valence-corrected chi connectivity index (χ2v) is 13.3. The van der Waals surface area contributed by atoms with E-state index in [0.29, 0.717) is 0 Å². The molecule has 50 heavy (non-hydrogen) atoms. The molecule has 0 unspecified atom stereocenters. The second kappa shape index (κ2) is 10.4. The largest absolute Gasteiger partial charge is 0.309 e. The zero-order valence-corrected chi connectivity index (χ0v) is 27.2. The fourth-order valence-corrected chi connectivity index (χ4v) is 8.46. The molecule has 2 aromatic heterocycles. The molecule has 0 atom stereocenters. The number of benzene rings is 9. The highest BCUT2D eigenvalue weighted by Gasteiger charge is 2.18. The molecule has 0 radical (unpaired) electrons. The van der Waals surface area contributed by atoms with Crippen molar-refractivity contribution in [3.63, 3.8) is 0 Å². The molecule has 0 amide bonds. The lowest BCUT2D eigenvalue weighted by Crippen LogP contribution is -1.93. The fourth-order valence-electron chi connectivity index (χ4n) is 8.46. The summed E-state index contributed by atoms with van der Waals surface area (Å²) in [6, 6.07) is 66.7. The van der Waals surface area contributed by atoms with Crippen LogP contribution in [-0.4, -0.2) is 9.13 Å². The van der Waals surface area contributed by atoms with Gasteiger partial charge in [0.15, 0.2) is 0 Å². The first-order valence-electron chi connectivity index (χ1n) is 17.3. The summed E-state index contributed by atoms with van der Waals surface area (Å²) in [4.78, 5) is 0. The first-order chi connectivity index (χ1) is 24.8. The van der Waals surface area contributed by atoms with Crippen molar-refractivity contribution in [3.8, 4) is 22.5 Å². The Hall–Kier alpha value is -6.64. The van der Waals surface area contributed by atoms with Crippen LogP contribution in [0.5, 0.6) is 0 Å². The molecule has 0 aliphatic heterocycles. The molecular weight excluding hydrogens is 605 g/mol. The summed E-state index contributed by atoms with van der Waals surface area (Å²) in [5, 5.41) is 12.8. The summed E-state index contributed by atoms with van der Waals surface area (Å²) in [7, 11) is 0. The monoisotopic (exact) mass is 634 g/mol. The molecule has 2 nitrogen and oxygen atoms in total. The Morgan fingerprint density at radius 1 is 0.220 bits per heavy atom. The Balaban J connectivity index is 1.17. The Bertz CT molecular complexity index is 3130. The van der Waals surface area contributed by atoms with Crippen LogP contribution in [-0.2, 0) is 0 Å². The Morgan fingerprint density at radius 3 is 1.24 bits per heavy atom. The number of para-hydroxylation sites is 4. The third-order valence-corrected chi connectivity index (χ3v) is 10.7. The molecule has 232 valence electrons. The van der Waals surface area contributed by atoms with Crippen LogP contribution >= 0.6 is 0 Å². The number of hydrogen-bond donors (Lipinski definition) is 0. The van der Waals surface area contributed by atoms with E-state index in [-0.39, 0.29) is 0 Å². The van der Waals surface area contributed by atoms with E-state index in [4.69, 9.17) is 0 Å². The van der Waals surface area contributed by atoms with Gasteiger partial charge in [0, 0.05) is 32.9 Å². The van der Waals surface area contributed by atoms with Crippen LogP contribution in [0.25, 0.3) is 98.4 Å². The van der Waals surface area contributed by atoms with E-state index in [1.807, 2.05) is 0 Å². The van der Waals surface area contributed by atoms with Crippen LogP contribution < -0.4 is 0 Å². The van der Waals surface area contributed by atoms with Crippen LogP contribution in [0.2, 0.25) is 0 Å². The smallest absolute Gasteiger partial charge is 0.0547 e. The van der Waals surface area contributed by atoms with Crippen molar-refractivity contribution in [2.45, 2.75) is 0 Å². The SMILES string of the molecule is c1ccc(-n2c3ccccc3c3cc(-c4ccc5c(c4)c4ccccc4c4cc6c(cc54)c4ccccc4n6-c4ccccc4)ccc32)cc1. The maximum atomic E-state index is 2.44. The van der Waals surface area contributed by atoms with E-state index >= 15 is 0 Å². The molecule has 0 N–H and O–H groups in total. The van der Waals surface area contributed by atoms with E-state index in [2.05, 4.69) is 191 Å². The van der Waals surface area contributed by atoms with Crippen molar-refractivity contribution in [3.05, 3.63) is 182 Å². The fraction of sp³-hybridized carbons (Fsp3) is 0. The minimum atomic E-state index is 1.18. The first kappa shape index (κ1) is 27.3. The molecule has 0 spiro atoms. The quantitative estimate of drug-likeness (QED) is 0.171. The Labute approximate surface area is 288 Å². The summed E-state index contributed by atoms with van der Waals surface area (Å²) in [5.41, 5.74) is 9.70. The Kier molecular flexibility index (Phi) is 5.70. The zero-order valence-electron chi connectivity index (χ0n) is 27.2. The average molecular weight is 635 g/mol. The average Bonchev–Trinajstić information content (AvgIpc) is 3.70. The maximum Gasteiger partial charge on any atom is 0.0547 e. The molecule has 11 rings (SSSR count). The third-order valence-electron chi connectivity index (χ3n) is 10.7. The van der Waals surface area contributed by atoms with Gasteiger partial charge in [-0.2, -0.15) is 0 Å². The summed E-state index contributed by atoms with van der Waals surface area (Å²) in [6.45, 7) is 0. The summed E-state index contributed by atoms with van der Waals surface area (Å²) < 4.78 is 4.79. The molecular formula is C48H30N2. The first-order valence-corrected chi connectivity index (χ1v) is 17.3. The highest BCUT2D eigenvalue weighted by atomic mass is 15.0. The predicted molar refractivity (Wildman–Crippen MR) is 213 cm³/mol. The Morgan fingerprint density at radius 2 is 0.620 bits per heavy atom. The van der Waals surface area contributed by atoms with Crippen molar-refractivity contribution in [1.29, 1.82) is 0 Å². The van der Waals surface area contributed by atoms with E-state index in [9.17, 15) is 0 Å². The lowest BCUT2D eigenvalue weighted by molar-refractivity contribution is 1.18. The normalized spacial score (nSPS) is 12.0. The van der Waals surface area contributed by atoms with E-state index in [0.717, 1.165) is 0 Å². The van der Waals surface area contributed by atoms with Gasteiger partial charge in [-0.3, -0.25) is 0 Å².